The highest BCUT2D eigenvalue weighted by molar-refractivity contribution is 7.47. The van der Waals surface area contributed by atoms with Crippen LogP contribution in [0, 0.1) is 0 Å². The number of allylic oxidation sites excluding steroid dienone is 8. The van der Waals surface area contributed by atoms with E-state index in [-0.39, 0.29) is 25.8 Å². The lowest BCUT2D eigenvalue weighted by Crippen LogP contribution is -2.37. The highest BCUT2D eigenvalue weighted by Gasteiger charge is 2.26. The van der Waals surface area contributed by atoms with Crippen molar-refractivity contribution in [1.29, 1.82) is 0 Å². The molecule has 0 rings (SSSR count). The first-order valence-corrected chi connectivity index (χ1v) is 24.9. The number of esters is 1. The van der Waals surface area contributed by atoms with E-state index < -0.39 is 13.9 Å². The highest BCUT2D eigenvalue weighted by Crippen LogP contribution is 2.43. The van der Waals surface area contributed by atoms with E-state index in [0.29, 0.717) is 24.1 Å². The number of quaternary nitrogens is 1. The molecule has 9 heteroatoms. The van der Waals surface area contributed by atoms with E-state index in [1.54, 1.807) is 0 Å². The van der Waals surface area contributed by atoms with Gasteiger partial charge in [0.1, 0.15) is 19.3 Å². The Bertz CT molecular complexity index is 1050. The summed E-state index contributed by atoms with van der Waals surface area (Å²) in [6.07, 6.45) is 50.0. The molecule has 2 atom stereocenters. The predicted molar refractivity (Wildman–Crippen MR) is 243 cm³/mol. The molecule has 0 aromatic rings. The zero-order valence-corrected chi connectivity index (χ0v) is 38.7. The third-order valence-electron chi connectivity index (χ3n) is 9.86. The second-order valence-electron chi connectivity index (χ2n) is 16.8. The van der Waals surface area contributed by atoms with Crippen molar-refractivity contribution < 1.29 is 37.3 Å². The molecule has 0 radical (unpaired) electrons. The highest BCUT2D eigenvalue weighted by atomic mass is 31.2. The van der Waals surface area contributed by atoms with Gasteiger partial charge in [-0.05, 0) is 77.0 Å². The molecular formula is C48H91NO7P+. The molecule has 0 aliphatic rings. The molecule has 0 aliphatic heterocycles. The maximum atomic E-state index is 12.7. The Morgan fingerprint density at radius 2 is 0.965 bits per heavy atom. The Hall–Kier alpha value is -1.54. The summed E-state index contributed by atoms with van der Waals surface area (Å²) in [5.74, 6) is -0.326. The number of hydrogen-bond donors (Lipinski definition) is 1. The van der Waals surface area contributed by atoms with E-state index in [4.69, 9.17) is 18.5 Å². The number of nitrogens with zero attached hydrogens (tertiary/aromatic N) is 1. The molecule has 334 valence electrons. The summed E-state index contributed by atoms with van der Waals surface area (Å²) in [6.45, 7) is 5.56. The third kappa shape index (κ3) is 45.4. The average Bonchev–Trinajstić information content (AvgIpc) is 3.16. The van der Waals surface area contributed by atoms with Crippen molar-refractivity contribution in [2.24, 2.45) is 0 Å². The summed E-state index contributed by atoms with van der Waals surface area (Å²) in [6, 6.07) is 0. The lowest BCUT2D eigenvalue weighted by Gasteiger charge is -2.24. The monoisotopic (exact) mass is 825 g/mol. The van der Waals surface area contributed by atoms with Crippen molar-refractivity contribution in [1.82, 2.24) is 0 Å². The van der Waals surface area contributed by atoms with Gasteiger partial charge in [0, 0.05) is 13.0 Å². The molecule has 0 aliphatic carbocycles. The van der Waals surface area contributed by atoms with Gasteiger partial charge in [-0.2, -0.15) is 0 Å². The van der Waals surface area contributed by atoms with Gasteiger partial charge in [-0.3, -0.25) is 13.8 Å². The number of hydrogen-bond acceptors (Lipinski definition) is 6. The van der Waals surface area contributed by atoms with Crippen LogP contribution < -0.4 is 0 Å². The molecule has 0 aromatic heterocycles. The molecule has 0 heterocycles. The minimum atomic E-state index is -4.28. The van der Waals surface area contributed by atoms with Gasteiger partial charge in [-0.1, -0.05) is 159 Å². The third-order valence-corrected chi connectivity index (χ3v) is 10.8. The molecule has 0 bridgehead atoms. The van der Waals surface area contributed by atoms with E-state index >= 15 is 0 Å². The Kier molecular flexibility index (Phi) is 40.1. The second-order valence-corrected chi connectivity index (χ2v) is 18.2. The van der Waals surface area contributed by atoms with Gasteiger partial charge < -0.3 is 18.9 Å². The van der Waals surface area contributed by atoms with E-state index in [1.807, 2.05) is 21.1 Å². The minimum Gasteiger partial charge on any atom is -0.457 e. The fourth-order valence-electron chi connectivity index (χ4n) is 6.20. The summed E-state index contributed by atoms with van der Waals surface area (Å²) >= 11 is 0. The van der Waals surface area contributed by atoms with E-state index in [9.17, 15) is 14.3 Å². The number of ether oxygens (including phenoxy) is 2. The Labute approximate surface area is 352 Å². The van der Waals surface area contributed by atoms with Crippen molar-refractivity contribution >= 4 is 13.8 Å². The molecule has 0 saturated carbocycles. The summed E-state index contributed by atoms with van der Waals surface area (Å²) in [4.78, 5) is 22.9. The van der Waals surface area contributed by atoms with Crippen molar-refractivity contribution in [2.75, 3.05) is 54.1 Å². The largest absolute Gasteiger partial charge is 0.472 e. The standard InChI is InChI=1S/C48H90NO7P/c1-6-8-10-12-14-16-18-20-22-24-25-27-29-31-33-35-37-39-41-48(50)56-47(46-55-57(51,52)54-44-42-49(3,4)5)45-53-43-40-38-36-34-32-30-28-26-23-21-19-17-15-13-11-9-7-2/h16-19,22-24,26,47H,6-15,20-21,25,27-46H2,1-5H3/p+1/b18-16-,19-17-,24-22-,26-23-. The lowest BCUT2D eigenvalue weighted by atomic mass is 10.1. The molecule has 1 N–H and O–H groups in total. The quantitative estimate of drug-likeness (QED) is 0.0215. The van der Waals surface area contributed by atoms with E-state index in [0.717, 1.165) is 57.8 Å². The Morgan fingerprint density at radius 3 is 1.42 bits per heavy atom. The fraction of sp³-hybridized carbons (Fsp3) is 0.812. The summed E-state index contributed by atoms with van der Waals surface area (Å²) in [5, 5.41) is 0. The van der Waals surface area contributed by atoms with Crippen LogP contribution in [-0.4, -0.2) is 75.6 Å². The van der Waals surface area contributed by atoms with Gasteiger partial charge in [-0.15, -0.1) is 0 Å². The number of rotatable bonds is 43. The number of phosphoric ester groups is 1. The fourth-order valence-corrected chi connectivity index (χ4v) is 6.94. The molecule has 8 nitrogen and oxygen atoms in total. The maximum absolute atomic E-state index is 12.7. The van der Waals surface area contributed by atoms with Gasteiger partial charge >= 0.3 is 13.8 Å². The lowest BCUT2D eigenvalue weighted by molar-refractivity contribution is -0.870. The van der Waals surface area contributed by atoms with Gasteiger partial charge in [0.2, 0.25) is 0 Å². The number of unbranched alkanes of at least 4 members (excludes halogenated alkanes) is 21. The van der Waals surface area contributed by atoms with Gasteiger partial charge in [0.05, 0.1) is 34.4 Å². The van der Waals surface area contributed by atoms with Crippen LogP contribution in [0.1, 0.15) is 194 Å². The molecular weight excluding hydrogens is 734 g/mol. The topological polar surface area (TPSA) is 91.3 Å². The predicted octanol–water partition coefficient (Wildman–Crippen LogP) is 13.9. The van der Waals surface area contributed by atoms with Gasteiger partial charge in [0.15, 0.2) is 0 Å². The first-order valence-electron chi connectivity index (χ1n) is 23.4. The second kappa shape index (κ2) is 41.2. The number of phosphoric acid groups is 1. The van der Waals surface area contributed by atoms with Crippen LogP contribution in [0.3, 0.4) is 0 Å². The maximum Gasteiger partial charge on any atom is 0.472 e. The number of likely N-dealkylation sites (N-methyl/N-ethyl adjacent to an activating group) is 1. The summed E-state index contributed by atoms with van der Waals surface area (Å²) in [7, 11) is 1.65. The van der Waals surface area contributed by atoms with E-state index in [2.05, 4.69) is 62.5 Å². The smallest absolute Gasteiger partial charge is 0.457 e. The molecule has 0 saturated heterocycles. The van der Waals surface area contributed by atoms with Crippen LogP contribution in [0.4, 0.5) is 0 Å². The van der Waals surface area contributed by atoms with Crippen LogP contribution >= 0.6 is 7.82 Å². The average molecular weight is 825 g/mol. The molecule has 0 fully saturated rings. The van der Waals surface area contributed by atoms with Crippen LogP contribution in [0.5, 0.6) is 0 Å². The van der Waals surface area contributed by atoms with Gasteiger partial charge in [-0.25, -0.2) is 4.57 Å². The Morgan fingerprint density at radius 1 is 0.544 bits per heavy atom. The summed E-state index contributed by atoms with van der Waals surface area (Å²) < 4.78 is 35.0. The minimum absolute atomic E-state index is 0.0834. The van der Waals surface area contributed by atoms with Crippen LogP contribution in [0.15, 0.2) is 48.6 Å². The first kappa shape index (κ1) is 55.5. The summed E-state index contributed by atoms with van der Waals surface area (Å²) in [5.41, 5.74) is 0. The number of carbonyl (C=O) groups excluding carboxylic acids is 1. The van der Waals surface area contributed by atoms with Gasteiger partial charge in [0.25, 0.3) is 0 Å². The SMILES string of the molecule is CCCCCC/C=C\C/C=C\CCCCCCCCCC(=O)OC(COCCCCCCCC/C=C\C/C=C\CCCCCC)COP(=O)(O)OCC[N+](C)(C)C. The van der Waals surface area contributed by atoms with E-state index in [1.165, 1.54) is 116 Å². The first-order chi connectivity index (χ1) is 27.6. The number of carbonyl (C=O) groups is 1. The van der Waals surface area contributed by atoms with Crippen LogP contribution in [0.25, 0.3) is 0 Å². The van der Waals surface area contributed by atoms with Crippen molar-refractivity contribution in [3.63, 3.8) is 0 Å². The molecule has 57 heavy (non-hydrogen) atoms. The molecule has 0 spiro atoms. The van der Waals surface area contributed by atoms with Crippen LogP contribution in [-0.2, 0) is 27.9 Å². The molecule has 0 aromatic carbocycles. The van der Waals surface area contributed by atoms with Crippen molar-refractivity contribution in [3.8, 4) is 0 Å². The molecule has 2 unspecified atom stereocenters. The van der Waals surface area contributed by atoms with Crippen molar-refractivity contribution in [3.05, 3.63) is 48.6 Å². The van der Waals surface area contributed by atoms with Crippen LogP contribution in [0.2, 0.25) is 0 Å². The Balaban J connectivity index is 4.24. The zero-order chi connectivity index (χ0) is 42.0. The molecule has 0 amide bonds. The van der Waals surface area contributed by atoms with Crippen molar-refractivity contribution in [2.45, 2.75) is 200 Å². The zero-order valence-electron chi connectivity index (χ0n) is 37.8. The normalized spacial score (nSPS) is 14.1.